The van der Waals surface area contributed by atoms with Crippen LogP contribution in [0, 0.1) is 0 Å². The highest BCUT2D eigenvalue weighted by Crippen LogP contribution is 2.28. The van der Waals surface area contributed by atoms with E-state index in [9.17, 15) is 5.11 Å². The van der Waals surface area contributed by atoms with E-state index in [1.165, 1.54) is 12.8 Å². The summed E-state index contributed by atoms with van der Waals surface area (Å²) in [5.74, 6) is 0. The van der Waals surface area contributed by atoms with Gasteiger partial charge in [0.1, 0.15) is 0 Å². The van der Waals surface area contributed by atoms with Crippen LogP contribution in [-0.4, -0.2) is 48.3 Å². The van der Waals surface area contributed by atoms with Gasteiger partial charge in [-0.15, -0.1) is 0 Å². The van der Waals surface area contributed by atoms with E-state index in [4.69, 9.17) is 0 Å². The lowest BCUT2D eigenvalue weighted by atomic mass is 9.87. The average Bonchev–Trinajstić information content (AvgIpc) is 2.49. The summed E-state index contributed by atoms with van der Waals surface area (Å²) in [6.07, 6.45) is 4.61. The van der Waals surface area contributed by atoms with Gasteiger partial charge >= 0.3 is 0 Å². The van der Waals surface area contributed by atoms with Gasteiger partial charge in [-0.05, 0) is 32.9 Å². The number of piperidine rings is 1. The number of β-amino-alcohol motifs (C(OH)–C–C–N with tert-alkyl or cyclic N) is 1. The van der Waals surface area contributed by atoms with Gasteiger partial charge in [-0.25, -0.2) is 0 Å². The van der Waals surface area contributed by atoms with Crippen LogP contribution in [0.2, 0.25) is 0 Å². The van der Waals surface area contributed by atoms with Gasteiger partial charge < -0.3 is 15.3 Å². The smallest absolute Gasteiger partial charge is 0.0938 e. The van der Waals surface area contributed by atoms with Crippen molar-refractivity contribution >= 4 is 0 Å². The van der Waals surface area contributed by atoms with Crippen molar-refractivity contribution in [3.63, 3.8) is 0 Å². The molecule has 0 aliphatic carbocycles. The van der Waals surface area contributed by atoms with Crippen LogP contribution in [0.1, 0.15) is 25.7 Å². The van der Waals surface area contributed by atoms with Crippen molar-refractivity contribution in [3.8, 4) is 0 Å². The van der Waals surface area contributed by atoms with Gasteiger partial charge in [0, 0.05) is 19.1 Å². The predicted molar refractivity (Wildman–Crippen MR) is 52.7 cm³/mol. The maximum absolute atomic E-state index is 10.4. The summed E-state index contributed by atoms with van der Waals surface area (Å²) in [6.45, 7) is 2.95. The van der Waals surface area contributed by atoms with Crippen molar-refractivity contribution in [2.75, 3.05) is 26.7 Å². The number of hydrogen-bond acceptors (Lipinski definition) is 3. The number of rotatable bonds is 1. The van der Waals surface area contributed by atoms with Crippen LogP contribution in [0.25, 0.3) is 0 Å². The molecule has 2 heterocycles. The molecule has 0 aromatic rings. The highest BCUT2D eigenvalue weighted by molar-refractivity contribution is 4.99. The summed E-state index contributed by atoms with van der Waals surface area (Å²) in [5, 5.41) is 13.8. The predicted octanol–water partition coefficient (Wildman–Crippen LogP) is 0.195. The highest BCUT2D eigenvalue weighted by atomic mass is 16.3. The van der Waals surface area contributed by atoms with Gasteiger partial charge in [0.2, 0.25) is 0 Å². The Morgan fingerprint density at radius 2 is 2.31 bits per heavy atom. The summed E-state index contributed by atoms with van der Waals surface area (Å²) in [7, 11) is 2.08. The molecule has 0 radical (unpaired) electrons. The summed E-state index contributed by atoms with van der Waals surface area (Å²) in [4.78, 5) is 2.22. The zero-order valence-corrected chi connectivity index (χ0v) is 8.42. The average molecular weight is 184 g/mol. The van der Waals surface area contributed by atoms with Gasteiger partial charge in [0.25, 0.3) is 0 Å². The normalized spacial score (nSPS) is 42.5. The molecule has 2 N–H and O–H groups in total. The maximum atomic E-state index is 10.4. The third-order valence-electron chi connectivity index (χ3n) is 3.43. The summed E-state index contributed by atoms with van der Waals surface area (Å²) < 4.78 is 0. The Morgan fingerprint density at radius 3 is 2.85 bits per heavy atom. The number of aliphatic hydroxyl groups is 1. The van der Waals surface area contributed by atoms with Crippen molar-refractivity contribution in [2.24, 2.45) is 0 Å². The minimum absolute atomic E-state index is 0.339. The fourth-order valence-electron chi connectivity index (χ4n) is 2.60. The summed E-state index contributed by atoms with van der Waals surface area (Å²) in [6, 6.07) is 0.339. The van der Waals surface area contributed by atoms with E-state index >= 15 is 0 Å². The Kier molecular flexibility index (Phi) is 2.58. The molecular formula is C10H20N2O. The first kappa shape index (κ1) is 9.44. The number of nitrogens with one attached hydrogen (secondary N) is 1. The molecule has 13 heavy (non-hydrogen) atoms. The fourth-order valence-corrected chi connectivity index (χ4v) is 2.60. The molecule has 2 fully saturated rings. The molecular weight excluding hydrogens is 164 g/mol. The van der Waals surface area contributed by atoms with Crippen molar-refractivity contribution in [2.45, 2.75) is 37.3 Å². The van der Waals surface area contributed by atoms with Crippen LogP contribution < -0.4 is 5.32 Å². The molecule has 3 heteroatoms. The monoisotopic (exact) mass is 184 g/mol. The van der Waals surface area contributed by atoms with E-state index in [0.717, 1.165) is 32.5 Å². The van der Waals surface area contributed by atoms with Crippen LogP contribution in [-0.2, 0) is 0 Å². The minimum atomic E-state index is -0.449. The molecule has 76 valence electrons. The van der Waals surface area contributed by atoms with Crippen molar-refractivity contribution in [1.29, 1.82) is 0 Å². The zero-order chi connectivity index (χ0) is 9.31. The lowest BCUT2D eigenvalue weighted by Crippen LogP contribution is -2.54. The molecule has 0 aromatic heterocycles. The Balaban J connectivity index is 1.97. The largest absolute Gasteiger partial charge is 0.387 e. The fraction of sp³-hybridized carbons (Fsp3) is 1.00. The second-order valence-electron chi connectivity index (χ2n) is 4.59. The third-order valence-corrected chi connectivity index (χ3v) is 3.43. The Labute approximate surface area is 80.1 Å². The van der Waals surface area contributed by atoms with E-state index in [1.54, 1.807) is 0 Å². The zero-order valence-electron chi connectivity index (χ0n) is 8.42. The number of hydrogen-bond donors (Lipinski definition) is 2. The van der Waals surface area contributed by atoms with Crippen LogP contribution in [0.5, 0.6) is 0 Å². The Bertz CT molecular complexity index is 180. The van der Waals surface area contributed by atoms with E-state index in [1.807, 2.05) is 0 Å². The van der Waals surface area contributed by atoms with Gasteiger partial charge in [0.05, 0.1) is 5.60 Å². The quantitative estimate of drug-likeness (QED) is 0.611. The Hall–Kier alpha value is -0.120. The molecule has 0 amide bonds. The van der Waals surface area contributed by atoms with E-state index in [2.05, 4.69) is 17.3 Å². The number of likely N-dealkylation sites (N-methyl/N-ethyl adjacent to an activating group) is 1. The SMILES string of the molecule is CN1CCC(O)(C2CCCCN2)C1. The van der Waals surface area contributed by atoms with Crippen LogP contribution in [0.3, 0.4) is 0 Å². The number of nitrogens with zero attached hydrogens (tertiary/aromatic N) is 1. The first-order valence-electron chi connectivity index (χ1n) is 5.35. The van der Waals surface area contributed by atoms with Crippen LogP contribution in [0.4, 0.5) is 0 Å². The minimum Gasteiger partial charge on any atom is -0.387 e. The molecule has 2 unspecified atom stereocenters. The molecule has 0 saturated carbocycles. The molecule has 0 aromatic carbocycles. The van der Waals surface area contributed by atoms with Gasteiger partial charge in [-0.1, -0.05) is 6.42 Å². The molecule has 0 spiro atoms. The molecule has 2 aliphatic rings. The second-order valence-corrected chi connectivity index (χ2v) is 4.59. The van der Waals surface area contributed by atoms with Gasteiger partial charge in [-0.3, -0.25) is 0 Å². The van der Waals surface area contributed by atoms with Gasteiger partial charge in [0.15, 0.2) is 0 Å². The second kappa shape index (κ2) is 3.56. The summed E-state index contributed by atoms with van der Waals surface area (Å²) >= 11 is 0. The van der Waals surface area contributed by atoms with E-state index in [-0.39, 0.29) is 0 Å². The van der Waals surface area contributed by atoms with Crippen LogP contribution in [0.15, 0.2) is 0 Å². The maximum Gasteiger partial charge on any atom is 0.0938 e. The lowest BCUT2D eigenvalue weighted by Gasteiger charge is -2.36. The molecule has 0 bridgehead atoms. The molecule has 3 nitrogen and oxygen atoms in total. The van der Waals surface area contributed by atoms with Gasteiger partial charge in [-0.2, -0.15) is 0 Å². The molecule has 2 aliphatic heterocycles. The van der Waals surface area contributed by atoms with Crippen molar-refractivity contribution in [3.05, 3.63) is 0 Å². The Morgan fingerprint density at radius 1 is 1.46 bits per heavy atom. The van der Waals surface area contributed by atoms with Crippen molar-refractivity contribution < 1.29 is 5.11 Å². The van der Waals surface area contributed by atoms with E-state index < -0.39 is 5.60 Å². The first-order chi connectivity index (χ1) is 6.21. The molecule has 2 saturated heterocycles. The summed E-state index contributed by atoms with van der Waals surface area (Å²) in [5.41, 5.74) is -0.449. The highest BCUT2D eigenvalue weighted by Gasteiger charge is 2.41. The first-order valence-corrected chi connectivity index (χ1v) is 5.35. The molecule has 2 atom stereocenters. The standard InChI is InChI=1S/C10H20N2O/c1-12-7-5-10(13,8-12)9-4-2-3-6-11-9/h9,11,13H,2-8H2,1H3. The number of likely N-dealkylation sites (tertiary alicyclic amines) is 1. The third kappa shape index (κ3) is 1.87. The lowest BCUT2D eigenvalue weighted by molar-refractivity contribution is 0.00386. The van der Waals surface area contributed by atoms with E-state index in [0.29, 0.717) is 6.04 Å². The topological polar surface area (TPSA) is 35.5 Å². The molecule has 2 rings (SSSR count). The van der Waals surface area contributed by atoms with Crippen molar-refractivity contribution in [1.82, 2.24) is 10.2 Å². The van der Waals surface area contributed by atoms with Crippen LogP contribution >= 0.6 is 0 Å².